The van der Waals surface area contributed by atoms with Crippen LogP contribution in [0.3, 0.4) is 0 Å². The van der Waals surface area contributed by atoms with Gasteiger partial charge in [0, 0.05) is 5.69 Å². The van der Waals surface area contributed by atoms with Crippen LogP contribution in [0.1, 0.15) is 12.5 Å². The Bertz CT molecular complexity index is 306. The number of nitrogens with two attached hydrogens (primary N) is 1. The second-order valence-corrected chi connectivity index (χ2v) is 3.37. The number of methoxy groups -OCH3 is 1. The molecule has 1 rings (SSSR count). The monoisotopic (exact) mass is 193 g/mol. The molecule has 0 radical (unpaired) electrons. The normalized spacial score (nSPS) is 12.1. The van der Waals surface area contributed by atoms with Crippen molar-refractivity contribution in [1.29, 1.82) is 0 Å². The minimum atomic E-state index is -0.179. The summed E-state index contributed by atoms with van der Waals surface area (Å²) in [7, 11) is 1.40. The first-order chi connectivity index (χ1) is 6.63. The van der Waals surface area contributed by atoms with E-state index in [-0.39, 0.29) is 11.9 Å². The molecule has 0 fully saturated rings. The van der Waals surface area contributed by atoms with Crippen LogP contribution in [0.5, 0.6) is 0 Å². The van der Waals surface area contributed by atoms with E-state index in [4.69, 9.17) is 5.73 Å². The molecule has 0 aliphatic heterocycles. The van der Waals surface area contributed by atoms with E-state index in [1.165, 1.54) is 7.11 Å². The minimum Gasteiger partial charge on any atom is -0.469 e. The molecule has 0 aromatic heterocycles. The van der Waals surface area contributed by atoms with Gasteiger partial charge in [-0.25, -0.2) is 0 Å². The van der Waals surface area contributed by atoms with E-state index in [2.05, 4.69) is 4.74 Å². The molecule has 0 aliphatic carbocycles. The molecule has 0 heterocycles. The van der Waals surface area contributed by atoms with Crippen LogP contribution < -0.4 is 5.73 Å². The van der Waals surface area contributed by atoms with Crippen molar-refractivity contribution in [3.8, 4) is 0 Å². The zero-order chi connectivity index (χ0) is 10.6. The van der Waals surface area contributed by atoms with Gasteiger partial charge in [-0.3, -0.25) is 4.79 Å². The Morgan fingerprint density at radius 2 is 2.00 bits per heavy atom. The zero-order valence-electron chi connectivity index (χ0n) is 8.49. The number of carbonyl (C=O) groups is 1. The number of hydrogen-bond donors (Lipinski definition) is 1. The lowest BCUT2D eigenvalue weighted by Gasteiger charge is -2.08. The smallest absolute Gasteiger partial charge is 0.308 e. The van der Waals surface area contributed by atoms with E-state index in [0.717, 1.165) is 11.3 Å². The van der Waals surface area contributed by atoms with Crippen molar-refractivity contribution < 1.29 is 9.53 Å². The summed E-state index contributed by atoms with van der Waals surface area (Å²) >= 11 is 0. The van der Waals surface area contributed by atoms with Gasteiger partial charge in [-0.15, -0.1) is 0 Å². The molecule has 0 saturated carbocycles. The molecule has 0 bridgehead atoms. The van der Waals surface area contributed by atoms with Gasteiger partial charge < -0.3 is 10.5 Å². The molecule has 14 heavy (non-hydrogen) atoms. The summed E-state index contributed by atoms with van der Waals surface area (Å²) < 4.78 is 4.64. The Balaban J connectivity index is 2.60. The van der Waals surface area contributed by atoms with Crippen LogP contribution in [0.4, 0.5) is 5.69 Å². The van der Waals surface area contributed by atoms with Gasteiger partial charge in [-0.05, 0) is 24.1 Å². The average Bonchev–Trinajstić information content (AvgIpc) is 2.20. The van der Waals surface area contributed by atoms with Crippen LogP contribution in [0.25, 0.3) is 0 Å². The maximum absolute atomic E-state index is 11.1. The number of benzene rings is 1. The van der Waals surface area contributed by atoms with Crippen LogP contribution in [0, 0.1) is 5.92 Å². The van der Waals surface area contributed by atoms with E-state index in [9.17, 15) is 4.79 Å². The number of esters is 1. The lowest BCUT2D eigenvalue weighted by atomic mass is 10.0. The molecule has 76 valence electrons. The highest BCUT2D eigenvalue weighted by Crippen LogP contribution is 2.11. The number of anilines is 1. The number of carbonyl (C=O) groups excluding carboxylic acids is 1. The number of nitrogen functional groups attached to an aromatic ring is 1. The highest BCUT2D eigenvalue weighted by molar-refractivity contribution is 5.72. The van der Waals surface area contributed by atoms with Crippen LogP contribution in [-0.2, 0) is 16.0 Å². The number of rotatable bonds is 3. The van der Waals surface area contributed by atoms with Gasteiger partial charge in [0.1, 0.15) is 0 Å². The van der Waals surface area contributed by atoms with Gasteiger partial charge >= 0.3 is 5.97 Å². The highest BCUT2D eigenvalue weighted by Gasteiger charge is 2.13. The maximum Gasteiger partial charge on any atom is 0.308 e. The van der Waals surface area contributed by atoms with Gasteiger partial charge in [0.05, 0.1) is 13.0 Å². The van der Waals surface area contributed by atoms with E-state index >= 15 is 0 Å². The van der Waals surface area contributed by atoms with Crippen molar-refractivity contribution in [2.45, 2.75) is 13.3 Å². The third kappa shape index (κ3) is 2.76. The third-order valence-corrected chi connectivity index (χ3v) is 2.13. The fraction of sp³-hybridized carbons (Fsp3) is 0.364. The molecule has 1 aromatic carbocycles. The van der Waals surface area contributed by atoms with E-state index in [1.807, 2.05) is 31.2 Å². The molecular weight excluding hydrogens is 178 g/mol. The highest BCUT2D eigenvalue weighted by atomic mass is 16.5. The van der Waals surface area contributed by atoms with E-state index in [1.54, 1.807) is 0 Å². The van der Waals surface area contributed by atoms with Gasteiger partial charge in [-0.1, -0.05) is 19.1 Å². The van der Waals surface area contributed by atoms with E-state index < -0.39 is 0 Å². The lowest BCUT2D eigenvalue weighted by molar-refractivity contribution is -0.144. The number of ether oxygens (including phenoxy) is 1. The molecule has 0 aliphatic rings. The SMILES string of the molecule is COC(=O)C(C)Cc1ccc(N)cc1. The first kappa shape index (κ1) is 10.6. The quantitative estimate of drug-likeness (QED) is 0.586. The second-order valence-electron chi connectivity index (χ2n) is 3.37. The summed E-state index contributed by atoms with van der Waals surface area (Å²) in [5.74, 6) is -0.287. The molecule has 0 spiro atoms. The first-order valence-electron chi connectivity index (χ1n) is 4.55. The molecule has 1 aromatic rings. The van der Waals surface area contributed by atoms with Crippen LogP contribution >= 0.6 is 0 Å². The van der Waals surface area contributed by atoms with Gasteiger partial charge in [0.2, 0.25) is 0 Å². The van der Waals surface area contributed by atoms with E-state index in [0.29, 0.717) is 6.42 Å². The molecule has 3 heteroatoms. The Kier molecular flexibility index (Phi) is 3.51. The van der Waals surface area contributed by atoms with Crippen molar-refractivity contribution in [3.63, 3.8) is 0 Å². The largest absolute Gasteiger partial charge is 0.469 e. The summed E-state index contributed by atoms with van der Waals surface area (Å²) in [6, 6.07) is 7.52. The predicted molar refractivity (Wildman–Crippen MR) is 55.7 cm³/mol. The molecule has 1 unspecified atom stereocenters. The van der Waals surface area contributed by atoms with Crippen molar-refractivity contribution >= 4 is 11.7 Å². The standard InChI is InChI=1S/C11H15NO2/c1-8(11(13)14-2)7-9-3-5-10(12)6-4-9/h3-6,8H,7,12H2,1-2H3. The van der Waals surface area contributed by atoms with Crippen molar-refractivity contribution in [1.82, 2.24) is 0 Å². The summed E-state index contributed by atoms with van der Waals surface area (Å²) in [5.41, 5.74) is 7.38. The molecule has 1 atom stereocenters. The van der Waals surface area contributed by atoms with Crippen LogP contribution in [0.15, 0.2) is 24.3 Å². The van der Waals surface area contributed by atoms with Crippen molar-refractivity contribution in [3.05, 3.63) is 29.8 Å². The average molecular weight is 193 g/mol. The maximum atomic E-state index is 11.1. The molecular formula is C11H15NO2. The van der Waals surface area contributed by atoms with Gasteiger partial charge in [0.25, 0.3) is 0 Å². The molecule has 0 saturated heterocycles. The lowest BCUT2D eigenvalue weighted by Crippen LogP contribution is -2.15. The topological polar surface area (TPSA) is 52.3 Å². The third-order valence-electron chi connectivity index (χ3n) is 2.13. The van der Waals surface area contributed by atoms with Gasteiger partial charge in [0.15, 0.2) is 0 Å². The summed E-state index contributed by atoms with van der Waals surface area (Å²) in [6.45, 7) is 1.85. The first-order valence-corrected chi connectivity index (χ1v) is 4.55. The Labute approximate surface area is 83.9 Å². The summed E-state index contributed by atoms with van der Waals surface area (Å²) in [5, 5.41) is 0. The summed E-state index contributed by atoms with van der Waals surface area (Å²) in [6.07, 6.45) is 0.687. The van der Waals surface area contributed by atoms with Gasteiger partial charge in [-0.2, -0.15) is 0 Å². The predicted octanol–water partition coefficient (Wildman–Crippen LogP) is 1.62. The Morgan fingerprint density at radius 3 is 2.50 bits per heavy atom. The fourth-order valence-electron chi connectivity index (χ4n) is 1.29. The Hall–Kier alpha value is -1.51. The second kappa shape index (κ2) is 4.65. The summed E-state index contributed by atoms with van der Waals surface area (Å²) in [4.78, 5) is 11.1. The zero-order valence-corrected chi connectivity index (χ0v) is 8.49. The molecule has 0 amide bonds. The van der Waals surface area contributed by atoms with Crippen LogP contribution in [-0.4, -0.2) is 13.1 Å². The molecule has 3 nitrogen and oxygen atoms in total. The molecule has 2 N–H and O–H groups in total. The van der Waals surface area contributed by atoms with Crippen LogP contribution in [0.2, 0.25) is 0 Å². The van der Waals surface area contributed by atoms with Crippen molar-refractivity contribution in [2.24, 2.45) is 5.92 Å². The number of hydrogen-bond acceptors (Lipinski definition) is 3. The minimum absolute atomic E-state index is 0.108. The Morgan fingerprint density at radius 1 is 1.43 bits per heavy atom. The fourth-order valence-corrected chi connectivity index (χ4v) is 1.29. The van der Waals surface area contributed by atoms with Crippen molar-refractivity contribution in [2.75, 3.05) is 12.8 Å².